The number of hydrogen-bond acceptors (Lipinski definition) is 6. The van der Waals surface area contributed by atoms with E-state index in [4.69, 9.17) is 18.9 Å². The first-order valence-electron chi connectivity index (χ1n) is 12.2. The number of rotatable bonds is 12. The highest BCUT2D eigenvalue weighted by Crippen LogP contribution is 2.44. The molecule has 0 radical (unpaired) electrons. The molecule has 0 aliphatic heterocycles. The highest BCUT2D eigenvalue weighted by atomic mass is 16.5. The van der Waals surface area contributed by atoms with Crippen molar-refractivity contribution in [3.8, 4) is 28.4 Å². The molecule has 1 aliphatic carbocycles. The molecule has 0 saturated heterocycles. The van der Waals surface area contributed by atoms with Gasteiger partial charge in [0.2, 0.25) is 0 Å². The van der Waals surface area contributed by atoms with Gasteiger partial charge in [-0.1, -0.05) is 48.5 Å². The van der Waals surface area contributed by atoms with Gasteiger partial charge in [-0.05, 0) is 47.2 Å². The van der Waals surface area contributed by atoms with Crippen LogP contribution in [0.1, 0.15) is 29.9 Å². The Morgan fingerprint density at radius 1 is 0.919 bits per heavy atom. The van der Waals surface area contributed by atoms with Crippen molar-refractivity contribution in [2.75, 3.05) is 34.0 Å². The SMILES string of the molecule is COc1ccc(OC)c(OCCCC(CNC(=O)OCC2c3ccccc3-c3ccccc32)C(=O)O)c1. The van der Waals surface area contributed by atoms with E-state index in [1.165, 1.54) is 0 Å². The summed E-state index contributed by atoms with van der Waals surface area (Å²) in [6.45, 7) is 0.431. The number of carbonyl (C=O) groups excluding carboxylic acids is 1. The number of nitrogens with one attached hydrogen (secondary N) is 1. The number of aliphatic carboxylic acids is 1. The number of amides is 1. The Morgan fingerprint density at radius 3 is 2.22 bits per heavy atom. The molecule has 0 fully saturated rings. The van der Waals surface area contributed by atoms with Crippen molar-refractivity contribution < 1.29 is 33.6 Å². The first kappa shape index (κ1) is 25.9. The summed E-state index contributed by atoms with van der Waals surface area (Å²) < 4.78 is 21.8. The second kappa shape index (κ2) is 12.2. The van der Waals surface area contributed by atoms with Gasteiger partial charge in [-0.25, -0.2) is 4.79 Å². The summed E-state index contributed by atoms with van der Waals surface area (Å²) in [5, 5.41) is 12.2. The third-order valence-electron chi connectivity index (χ3n) is 6.51. The molecule has 8 heteroatoms. The molecular weight excluding hydrogens is 474 g/mol. The monoisotopic (exact) mass is 505 g/mol. The van der Waals surface area contributed by atoms with Crippen LogP contribution in [0.25, 0.3) is 11.1 Å². The Hall–Kier alpha value is -4.20. The summed E-state index contributed by atoms with van der Waals surface area (Å²) in [4.78, 5) is 24.2. The molecule has 1 amide bonds. The normalized spacial score (nSPS) is 12.7. The van der Waals surface area contributed by atoms with Gasteiger partial charge in [0.1, 0.15) is 12.4 Å². The maximum atomic E-state index is 12.4. The molecular formula is C29H31NO7. The fourth-order valence-corrected chi connectivity index (χ4v) is 4.58. The molecule has 194 valence electrons. The van der Waals surface area contributed by atoms with E-state index in [0.717, 1.165) is 22.3 Å². The lowest BCUT2D eigenvalue weighted by molar-refractivity contribution is -0.141. The second-order valence-corrected chi connectivity index (χ2v) is 8.75. The van der Waals surface area contributed by atoms with E-state index < -0.39 is 18.0 Å². The first-order chi connectivity index (χ1) is 18.0. The lowest BCUT2D eigenvalue weighted by atomic mass is 9.98. The Morgan fingerprint density at radius 2 is 1.59 bits per heavy atom. The molecule has 4 rings (SSSR count). The minimum Gasteiger partial charge on any atom is -0.497 e. The molecule has 37 heavy (non-hydrogen) atoms. The minimum absolute atomic E-state index is 0.0332. The third kappa shape index (κ3) is 6.14. The van der Waals surface area contributed by atoms with Gasteiger partial charge in [-0.3, -0.25) is 4.79 Å². The molecule has 1 aliphatic rings. The molecule has 1 unspecified atom stereocenters. The number of benzene rings is 3. The van der Waals surface area contributed by atoms with Crippen LogP contribution in [0.4, 0.5) is 4.79 Å². The Labute approximate surface area is 216 Å². The van der Waals surface area contributed by atoms with E-state index >= 15 is 0 Å². The summed E-state index contributed by atoms with van der Waals surface area (Å²) in [7, 11) is 3.11. The van der Waals surface area contributed by atoms with Gasteiger partial charge in [0.25, 0.3) is 0 Å². The lowest BCUT2D eigenvalue weighted by Crippen LogP contribution is -2.34. The number of carbonyl (C=O) groups is 2. The Kier molecular flexibility index (Phi) is 8.51. The smallest absolute Gasteiger partial charge is 0.407 e. The van der Waals surface area contributed by atoms with Gasteiger partial charge in [-0.15, -0.1) is 0 Å². The van der Waals surface area contributed by atoms with E-state index in [1.807, 2.05) is 36.4 Å². The summed E-state index contributed by atoms with van der Waals surface area (Å²) in [6.07, 6.45) is 0.167. The molecule has 2 N–H and O–H groups in total. The van der Waals surface area contributed by atoms with Gasteiger partial charge >= 0.3 is 12.1 Å². The maximum Gasteiger partial charge on any atom is 0.407 e. The summed E-state index contributed by atoms with van der Waals surface area (Å²) in [6, 6.07) is 21.4. The number of fused-ring (bicyclic) bond motifs is 3. The van der Waals surface area contributed by atoms with E-state index in [-0.39, 0.29) is 25.7 Å². The van der Waals surface area contributed by atoms with Crippen molar-refractivity contribution in [1.82, 2.24) is 5.32 Å². The van der Waals surface area contributed by atoms with Crippen LogP contribution in [0.3, 0.4) is 0 Å². The van der Waals surface area contributed by atoms with Gasteiger partial charge < -0.3 is 29.4 Å². The molecule has 1 atom stereocenters. The van der Waals surface area contributed by atoms with Crippen molar-refractivity contribution in [3.05, 3.63) is 77.9 Å². The average molecular weight is 506 g/mol. The van der Waals surface area contributed by atoms with E-state index in [9.17, 15) is 14.7 Å². The molecule has 0 saturated carbocycles. The first-order valence-corrected chi connectivity index (χ1v) is 12.2. The van der Waals surface area contributed by atoms with Crippen LogP contribution in [0.15, 0.2) is 66.7 Å². The van der Waals surface area contributed by atoms with Crippen molar-refractivity contribution >= 4 is 12.1 Å². The number of hydrogen-bond donors (Lipinski definition) is 2. The highest BCUT2D eigenvalue weighted by Gasteiger charge is 2.29. The van der Waals surface area contributed by atoms with Gasteiger partial charge in [0.15, 0.2) is 11.5 Å². The summed E-state index contributed by atoms with van der Waals surface area (Å²) in [5.41, 5.74) is 4.53. The van der Waals surface area contributed by atoms with Crippen LogP contribution in [0.5, 0.6) is 17.2 Å². The van der Waals surface area contributed by atoms with Crippen LogP contribution < -0.4 is 19.5 Å². The number of carboxylic acids is 1. The topological polar surface area (TPSA) is 103 Å². The predicted octanol–water partition coefficient (Wildman–Crippen LogP) is 5.10. The largest absolute Gasteiger partial charge is 0.497 e. The second-order valence-electron chi connectivity index (χ2n) is 8.75. The zero-order valence-electron chi connectivity index (χ0n) is 20.9. The lowest BCUT2D eigenvalue weighted by Gasteiger charge is -2.17. The van der Waals surface area contributed by atoms with Gasteiger partial charge in [0.05, 0.1) is 26.7 Å². The molecule has 0 aromatic heterocycles. The van der Waals surface area contributed by atoms with Crippen LogP contribution in [-0.2, 0) is 9.53 Å². The van der Waals surface area contributed by atoms with E-state index in [1.54, 1.807) is 32.4 Å². The Balaban J connectivity index is 1.25. The molecule has 0 bridgehead atoms. The summed E-state index contributed by atoms with van der Waals surface area (Å²) >= 11 is 0. The number of methoxy groups -OCH3 is 2. The fraction of sp³-hybridized carbons (Fsp3) is 0.310. The van der Waals surface area contributed by atoms with E-state index in [2.05, 4.69) is 17.4 Å². The average Bonchev–Trinajstić information content (AvgIpc) is 3.24. The van der Waals surface area contributed by atoms with Crippen LogP contribution in [-0.4, -0.2) is 51.1 Å². The molecule has 3 aromatic rings. The highest BCUT2D eigenvalue weighted by molar-refractivity contribution is 5.79. The zero-order chi connectivity index (χ0) is 26.2. The number of carboxylic acid groups (broad SMARTS) is 1. The summed E-state index contributed by atoms with van der Waals surface area (Å²) in [5.74, 6) is -0.0992. The maximum absolute atomic E-state index is 12.4. The molecule has 0 heterocycles. The van der Waals surface area contributed by atoms with Crippen LogP contribution >= 0.6 is 0 Å². The van der Waals surface area contributed by atoms with Gasteiger partial charge in [-0.2, -0.15) is 0 Å². The van der Waals surface area contributed by atoms with Crippen LogP contribution in [0, 0.1) is 5.92 Å². The Bertz CT molecular complexity index is 1200. The number of ether oxygens (including phenoxy) is 4. The predicted molar refractivity (Wildman–Crippen MR) is 138 cm³/mol. The van der Waals surface area contributed by atoms with Crippen molar-refractivity contribution in [3.63, 3.8) is 0 Å². The number of alkyl carbamates (subject to hydrolysis) is 1. The van der Waals surface area contributed by atoms with Crippen molar-refractivity contribution in [2.45, 2.75) is 18.8 Å². The fourth-order valence-electron chi connectivity index (χ4n) is 4.58. The van der Waals surface area contributed by atoms with Crippen molar-refractivity contribution in [1.29, 1.82) is 0 Å². The quantitative estimate of drug-likeness (QED) is 0.330. The van der Waals surface area contributed by atoms with E-state index in [0.29, 0.717) is 30.1 Å². The minimum atomic E-state index is -0.988. The molecule has 0 spiro atoms. The van der Waals surface area contributed by atoms with Crippen molar-refractivity contribution in [2.24, 2.45) is 5.92 Å². The zero-order valence-corrected chi connectivity index (χ0v) is 20.9. The molecule has 3 aromatic carbocycles. The standard InChI is InChI=1S/C29H31NO7/c1-34-20-13-14-26(35-2)27(16-20)36-15-7-8-19(28(31)32)17-30-29(33)37-18-25-23-11-5-3-9-21(23)22-10-4-6-12-24(22)25/h3-6,9-14,16,19,25H,7-8,15,17-18H2,1-2H3,(H,30,33)(H,31,32). The third-order valence-corrected chi connectivity index (χ3v) is 6.51. The molecule has 8 nitrogen and oxygen atoms in total. The van der Waals surface area contributed by atoms with Gasteiger partial charge in [0, 0.05) is 18.5 Å². The van der Waals surface area contributed by atoms with Crippen LogP contribution in [0.2, 0.25) is 0 Å².